The summed E-state index contributed by atoms with van der Waals surface area (Å²) in [5, 5.41) is 24.6. The number of allylic oxidation sites excluding steroid dienone is 2. The number of hydrogen-bond donors (Lipinski definition) is 2. The number of nitrogens with one attached hydrogen (secondary N) is 1. The lowest BCUT2D eigenvalue weighted by atomic mass is 9.82. The zero-order chi connectivity index (χ0) is 72.2. The highest BCUT2D eigenvalue weighted by Crippen LogP contribution is 2.30. The molecule has 0 saturated carbocycles. The Labute approximate surface area is 565 Å². The molecule has 14 atom stereocenters. The van der Waals surface area contributed by atoms with Crippen LogP contribution in [0.5, 0.6) is 0 Å². The van der Waals surface area contributed by atoms with Crippen LogP contribution >= 0.6 is 0 Å². The predicted octanol–water partition coefficient (Wildman–Crippen LogP) is 7.14. The van der Waals surface area contributed by atoms with Crippen molar-refractivity contribution in [3.63, 3.8) is 0 Å². The molecule has 0 bridgehead atoms. The molecular weight excluding hydrogens is 1200 g/mol. The first kappa shape index (κ1) is 84.0. The van der Waals surface area contributed by atoms with Gasteiger partial charge in [-0.1, -0.05) is 116 Å². The van der Waals surface area contributed by atoms with Crippen molar-refractivity contribution in [1.29, 1.82) is 5.26 Å². The van der Waals surface area contributed by atoms with Crippen LogP contribution in [0.4, 0.5) is 0 Å². The lowest BCUT2D eigenvalue weighted by Gasteiger charge is -2.41. The van der Waals surface area contributed by atoms with Gasteiger partial charge in [0, 0.05) is 92.3 Å². The highest BCUT2D eigenvalue weighted by atomic mass is 16.3. The Morgan fingerprint density at radius 3 is 1.48 bits per heavy atom. The summed E-state index contributed by atoms with van der Waals surface area (Å²) in [6, 6.07) is -7.35. The van der Waals surface area contributed by atoms with E-state index in [2.05, 4.69) is 16.3 Å². The molecule has 0 spiro atoms. The molecule has 0 aliphatic carbocycles. The van der Waals surface area contributed by atoms with Crippen LogP contribution < -0.4 is 5.32 Å². The van der Waals surface area contributed by atoms with E-state index < -0.39 is 149 Å². The molecule has 1 unspecified atom stereocenters. The molecule has 2 heterocycles. The van der Waals surface area contributed by atoms with Crippen molar-refractivity contribution in [2.24, 2.45) is 65.1 Å². The largest absolute Gasteiger partial charge is 0.390 e. The Hall–Kier alpha value is -6.08. The fourth-order valence-electron chi connectivity index (χ4n) is 13.4. The molecular formula is C72H124N10O12. The average molecular weight is 1320 g/mol. The quantitative estimate of drug-likeness (QED) is 0.137. The van der Waals surface area contributed by atoms with Gasteiger partial charge >= 0.3 is 0 Å². The third-order valence-electron chi connectivity index (χ3n) is 19.9. The minimum absolute atomic E-state index is 0.0141. The smallest absolute Gasteiger partial charge is 0.246 e. The molecule has 2 rings (SSSR count). The Bertz CT molecular complexity index is 2650. The molecule has 534 valence electrons. The summed E-state index contributed by atoms with van der Waals surface area (Å²) >= 11 is 0. The van der Waals surface area contributed by atoms with Gasteiger partial charge in [-0.2, -0.15) is 5.26 Å². The van der Waals surface area contributed by atoms with Gasteiger partial charge < -0.3 is 49.6 Å². The molecule has 8 amide bonds. The first-order chi connectivity index (χ1) is 43.6. The zero-order valence-electron chi connectivity index (χ0n) is 62.1. The van der Waals surface area contributed by atoms with E-state index >= 15 is 33.6 Å². The first-order valence-corrected chi connectivity index (χ1v) is 34.8. The molecule has 2 aliphatic heterocycles. The maximum Gasteiger partial charge on any atom is 0.246 e. The first-order valence-electron chi connectivity index (χ1n) is 34.8. The van der Waals surface area contributed by atoms with E-state index in [0.717, 1.165) is 4.90 Å². The minimum atomic E-state index is -1.62. The molecule has 0 radical (unpaired) electrons. The second-order valence-corrected chi connectivity index (χ2v) is 29.8. The second-order valence-electron chi connectivity index (χ2n) is 29.8. The summed E-state index contributed by atoms with van der Waals surface area (Å²) in [6.07, 6.45) is 4.08. The molecule has 2 fully saturated rings. The van der Waals surface area contributed by atoms with E-state index in [9.17, 15) is 29.5 Å². The van der Waals surface area contributed by atoms with Gasteiger partial charge in [-0.3, -0.25) is 52.7 Å². The van der Waals surface area contributed by atoms with Gasteiger partial charge in [0.2, 0.25) is 47.3 Å². The molecule has 2 N–H and O–H groups in total. The van der Waals surface area contributed by atoms with E-state index in [-0.39, 0.29) is 80.2 Å². The Morgan fingerprint density at radius 2 is 1.00 bits per heavy atom. The van der Waals surface area contributed by atoms with Crippen LogP contribution in [0.1, 0.15) is 188 Å². The summed E-state index contributed by atoms with van der Waals surface area (Å²) in [4.78, 5) is 175. The van der Waals surface area contributed by atoms with E-state index in [1.54, 1.807) is 47.6 Å². The van der Waals surface area contributed by atoms with Crippen LogP contribution in [0, 0.1) is 76.4 Å². The molecule has 0 aromatic carbocycles. The van der Waals surface area contributed by atoms with E-state index in [4.69, 9.17) is 0 Å². The zero-order valence-corrected chi connectivity index (χ0v) is 62.1. The van der Waals surface area contributed by atoms with E-state index in [1.165, 1.54) is 85.7 Å². The number of rotatable bonds is 17. The highest BCUT2D eigenvalue weighted by molar-refractivity contribution is 6.00. The SMILES string of the molecule is C/C=C/C[C@@H](C)[C@@H](O)[C@H]1C(=O)N[C@@H](CC)C(=O)N(C)[C@H](C)C(=O)N(C)C([C@H](C)CCN2CCC(C#N)CC2)C(=O)C[C@@H](C(C)C)C(=O)N(C)[C@@H](CC(C)C)C(=O)C[C@@H](C)C(=O)C[C@H](C)C(=O)N(C)[C@@H](CC(C)C)C(=O)N(C)[C@@H](CC(C)C)C(=O)N(C)[C@@H](C(C)C)C(=O)N1C. The maximum absolute atomic E-state index is 15.3. The van der Waals surface area contributed by atoms with Crippen LogP contribution in [0.15, 0.2) is 12.2 Å². The average Bonchev–Trinajstić information content (AvgIpc) is 0.812. The lowest BCUT2D eigenvalue weighted by molar-refractivity contribution is -0.157. The normalized spacial score (nSPS) is 28.1. The number of hydrogen-bond acceptors (Lipinski definition) is 14. The van der Waals surface area contributed by atoms with Crippen LogP contribution in [-0.4, -0.2) is 232 Å². The standard InChI is InChI=1S/C72H124N10O12/c1-25-27-28-48(14)64(86)63-65(87)74-54(26-2)69(91)75(18)51(17)67(89)80(23)62(47(13)29-32-82-33-30-52(41-73)31-34-82)60(85)40-53(45(9)10)68(90)76(19)55(35-42(3)4)59(84)38-49(15)58(83)39-50(16)66(88)77(20)56(36-43(5)6)70(92)78(21)57(37-44(7)8)71(93)79(22)61(46(11)12)72(94)81(63)24/h25,27,42-57,61-64,86H,26,28-40H2,1-24H3,(H,74,87)/b27-25+/t47-,48-,49-,50+,51-,53+,54+,55+,56+,57+,61+,62?,63+,64-/m1/s1. The number of nitriles is 1. The molecule has 2 aliphatic rings. The van der Waals surface area contributed by atoms with Gasteiger partial charge in [-0.25, -0.2) is 0 Å². The van der Waals surface area contributed by atoms with Crippen molar-refractivity contribution in [3.8, 4) is 6.07 Å². The second kappa shape index (κ2) is 38.6. The fraction of sp³-hybridized carbons (Fsp3) is 0.806. The van der Waals surface area contributed by atoms with Crippen molar-refractivity contribution in [2.75, 3.05) is 69.0 Å². The van der Waals surface area contributed by atoms with Gasteiger partial charge in [-0.05, 0) is 126 Å². The number of amides is 8. The highest BCUT2D eigenvalue weighted by Gasteiger charge is 2.46. The predicted molar refractivity (Wildman–Crippen MR) is 366 cm³/mol. The van der Waals surface area contributed by atoms with Gasteiger partial charge in [0.1, 0.15) is 42.0 Å². The lowest BCUT2D eigenvalue weighted by Crippen LogP contribution is -2.63. The number of piperidine rings is 1. The Kier molecular flexibility index (Phi) is 34.5. The molecule has 2 saturated heterocycles. The van der Waals surface area contributed by atoms with Crippen LogP contribution in [0.25, 0.3) is 0 Å². The number of carbonyl (C=O) groups excluding carboxylic acids is 11. The van der Waals surface area contributed by atoms with Crippen molar-refractivity contribution < 1.29 is 57.8 Å². The van der Waals surface area contributed by atoms with Gasteiger partial charge in [-0.15, -0.1) is 0 Å². The van der Waals surface area contributed by atoms with E-state index in [1.807, 2.05) is 75.3 Å². The molecule has 0 aromatic rings. The topological polar surface area (TPSA) is 270 Å². The van der Waals surface area contributed by atoms with Crippen LogP contribution in [-0.2, 0) is 52.7 Å². The van der Waals surface area contributed by atoms with Gasteiger partial charge in [0.05, 0.1) is 24.3 Å². The number of likely N-dealkylation sites (tertiary alicyclic amines) is 1. The fourth-order valence-corrected chi connectivity index (χ4v) is 13.4. The Balaban J connectivity index is 3.04. The molecule has 22 heteroatoms. The number of aliphatic hydroxyl groups is 1. The van der Waals surface area contributed by atoms with Gasteiger partial charge in [0.25, 0.3) is 0 Å². The summed E-state index contributed by atoms with van der Waals surface area (Å²) < 4.78 is 0. The van der Waals surface area contributed by atoms with Crippen molar-refractivity contribution in [2.45, 2.75) is 243 Å². The third kappa shape index (κ3) is 22.8. The molecule has 94 heavy (non-hydrogen) atoms. The number of likely N-dealkylation sites (N-methyl/N-ethyl adjacent to an activating group) is 7. The number of carbonyl (C=O) groups is 11. The minimum Gasteiger partial charge on any atom is -0.390 e. The Morgan fingerprint density at radius 1 is 0.532 bits per heavy atom. The van der Waals surface area contributed by atoms with Gasteiger partial charge in [0.15, 0.2) is 11.6 Å². The molecule has 22 nitrogen and oxygen atoms in total. The summed E-state index contributed by atoms with van der Waals surface area (Å²) in [5.41, 5.74) is 0. The van der Waals surface area contributed by atoms with Crippen LogP contribution in [0.2, 0.25) is 0 Å². The number of Topliss-reactive ketones (excluding diaryl/α,β-unsaturated/α-hetero) is 3. The maximum atomic E-state index is 15.3. The van der Waals surface area contributed by atoms with E-state index in [0.29, 0.717) is 45.3 Å². The summed E-state index contributed by atoms with van der Waals surface area (Å²) in [6.45, 7) is 32.3. The van der Waals surface area contributed by atoms with Crippen molar-refractivity contribution >= 4 is 64.6 Å². The number of nitrogens with zero attached hydrogens (tertiary/aromatic N) is 9. The summed E-state index contributed by atoms with van der Waals surface area (Å²) in [7, 11) is 10.3. The number of ketones is 3. The van der Waals surface area contributed by atoms with Crippen molar-refractivity contribution in [3.05, 3.63) is 12.2 Å². The number of aliphatic hydroxyl groups excluding tert-OH is 1. The third-order valence-corrected chi connectivity index (χ3v) is 19.9. The summed E-state index contributed by atoms with van der Waals surface area (Å²) in [5.74, 6) is -11.4. The molecule has 0 aromatic heterocycles. The van der Waals surface area contributed by atoms with Crippen molar-refractivity contribution in [1.82, 2.24) is 44.5 Å². The monoisotopic (exact) mass is 1320 g/mol. The van der Waals surface area contributed by atoms with Crippen LogP contribution in [0.3, 0.4) is 0 Å².